The zero-order chi connectivity index (χ0) is 14.7. The highest BCUT2D eigenvalue weighted by atomic mass is 35.5. The first-order valence-corrected chi connectivity index (χ1v) is 6.73. The van der Waals surface area contributed by atoms with Crippen LogP contribution in [0, 0.1) is 0 Å². The molecule has 2 aromatic heterocycles. The summed E-state index contributed by atoms with van der Waals surface area (Å²) < 4.78 is 5.18. The van der Waals surface area contributed by atoms with E-state index in [1.807, 2.05) is 36.4 Å². The first-order chi connectivity index (χ1) is 10.3. The molecule has 0 saturated heterocycles. The summed E-state index contributed by atoms with van der Waals surface area (Å²) in [6, 6.07) is 13.3. The molecule has 0 N–H and O–H groups in total. The Labute approximate surface area is 127 Å². The smallest absolute Gasteiger partial charge is 0.161 e. The second-order valence-electron chi connectivity index (χ2n) is 4.38. The van der Waals surface area contributed by atoms with Gasteiger partial charge >= 0.3 is 0 Å². The maximum atomic E-state index is 6.12. The van der Waals surface area contributed by atoms with Crippen molar-refractivity contribution in [1.82, 2.24) is 15.0 Å². The van der Waals surface area contributed by atoms with E-state index in [4.69, 9.17) is 16.3 Å². The lowest BCUT2D eigenvalue weighted by molar-refractivity contribution is 0.413. The highest BCUT2D eigenvalue weighted by Gasteiger charge is 2.08. The fourth-order valence-electron chi connectivity index (χ4n) is 1.95. The number of aromatic nitrogens is 3. The van der Waals surface area contributed by atoms with Crippen molar-refractivity contribution >= 4 is 11.6 Å². The molecule has 5 heteroatoms. The number of methoxy groups -OCH3 is 1. The summed E-state index contributed by atoms with van der Waals surface area (Å²) in [4.78, 5) is 13.0. The molecule has 3 aromatic rings. The zero-order valence-electron chi connectivity index (χ0n) is 11.3. The lowest BCUT2D eigenvalue weighted by Crippen LogP contribution is -1.94. The van der Waals surface area contributed by atoms with Gasteiger partial charge in [-0.1, -0.05) is 41.9 Å². The van der Waals surface area contributed by atoms with Gasteiger partial charge in [0.2, 0.25) is 0 Å². The molecule has 2 heterocycles. The lowest BCUT2D eigenvalue weighted by atomic mass is 10.1. The van der Waals surface area contributed by atoms with Crippen LogP contribution >= 0.6 is 11.6 Å². The molecule has 0 unspecified atom stereocenters. The SMILES string of the molecule is COc1cncc(-c2cc(Cl)nc(-c3ccccc3)n2)c1. The van der Waals surface area contributed by atoms with Crippen LogP contribution in [-0.4, -0.2) is 22.1 Å². The second-order valence-corrected chi connectivity index (χ2v) is 4.77. The molecule has 0 saturated carbocycles. The molecule has 0 amide bonds. The van der Waals surface area contributed by atoms with E-state index in [9.17, 15) is 0 Å². The van der Waals surface area contributed by atoms with E-state index in [0.717, 1.165) is 11.1 Å². The summed E-state index contributed by atoms with van der Waals surface area (Å²) >= 11 is 6.12. The van der Waals surface area contributed by atoms with Gasteiger partial charge in [-0.25, -0.2) is 9.97 Å². The minimum atomic E-state index is 0.390. The Bertz CT molecular complexity index is 762. The molecule has 0 fully saturated rings. The topological polar surface area (TPSA) is 47.9 Å². The minimum absolute atomic E-state index is 0.390. The molecular weight excluding hydrogens is 286 g/mol. The van der Waals surface area contributed by atoms with Crippen LogP contribution in [0.3, 0.4) is 0 Å². The normalized spacial score (nSPS) is 10.4. The Balaban J connectivity index is 2.09. The van der Waals surface area contributed by atoms with E-state index < -0.39 is 0 Å². The summed E-state index contributed by atoms with van der Waals surface area (Å²) in [5, 5.41) is 0.390. The van der Waals surface area contributed by atoms with Gasteiger partial charge in [0, 0.05) is 23.4 Å². The highest BCUT2D eigenvalue weighted by Crippen LogP contribution is 2.25. The number of hydrogen-bond acceptors (Lipinski definition) is 4. The van der Waals surface area contributed by atoms with Crippen LogP contribution in [0.1, 0.15) is 0 Å². The molecule has 0 aliphatic heterocycles. The Kier molecular flexibility index (Phi) is 3.79. The van der Waals surface area contributed by atoms with E-state index in [-0.39, 0.29) is 0 Å². The van der Waals surface area contributed by atoms with E-state index in [1.165, 1.54) is 0 Å². The zero-order valence-corrected chi connectivity index (χ0v) is 12.1. The number of hydrogen-bond donors (Lipinski definition) is 0. The molecule has 104 valence electrons. The van der Waals surface area contributed by atoms with Crippen molar-refractivity contribution in [3.8, 4) is 28.4 Å². The van der Waals surface area contributed by atoms with Crippen molar-refractivity contribution in [1.29, 1.82) is 0 Å². The van der Waals surface area contributed by atoms with Crippen LogP contribution in [0.15, 0.2) is 54.9 Å². The quantitative estimate of drug-likeness (QED) is 0.689. The van der Waals surface area contributed by atoms with Crippen molar-refractivity contribution < 1.29 is 4.74 Å². The Morgan fingerprint density at radius 1 is 0.952 bits per heavy atom. The maximum absolute atomic E-state index is 6.12. The molecule has 21 heavy (non-hydrogen) atoms. The number of halogens is 1. The van der Waals surface area contributed by atoms with Gasteiger partial charge in [-0.05, 0) is 6.07 Å². The summed E-state index contributed by atoms with van der Waals surface area (Å²) in [7, 11) is 1.60. The molecular formula is C16H12ClN3O. The second kappa shape index (κ2) is 5.89. The van der Waals surface area contributed by atoms with E-state index in [1.54, 1.807) is 25.6 Å². The molecule has 0 aliphatic rings. The predicted octanol–water partition coefficient (Wildman–Crippen LogP) is 3.87. The average molecular weight is 298 g/mol. The van der Waals surface area contributed by atoms with Crippen molar-refractivity contribution in [2.45, 2.75) is 0 Å². The molecule has 0 radical (unpaired) electrons. The van der Waals surface area contributed by atoms with Gasteiger partial charge in [-0.3, -0.25) is 4.98 Å². The van der Waals surface area contributed by atoms with Gasteiger partial charge in [0.15, 0.2) is 5.82 Å². The molecule has 3 rings (SSSR count). The van der Waals surface area contributed by atoms with Gasteiger partial charge in [0.1, 0.15) is 10.9 Å². The Morgan fingerprint density at radius 2 is 1.76 bits per heavy atom. The number of nitrogens with zero attached hydrogens (tertiary/aromatic N) is 3. The van der Waals surface area contributed by atoms with Crippen LogP contribution in [-0.2, 0) is 0 Å². The molecule has 0 atom stereocenters. The summed E-state index contributed by atoms with van der Waals surface area (Å²) in [5.41, 5.74) is 2.45. The third-order valence-corrected chi connectivity index (χ3v) is 3.17. The predicted molar refractivity (Wildman–Crippen MR) is 82.3 cm³/mol. The van der Waals surface area contributed by atoms with Crippen molar-refractivity contribution in [3.05, 3.63) is 60.0 Å². The molecule has 0 aliphatic carbocycles. The fourth-order valence-corrected chi connectivity index (χ4v) is 2.14. The average Bonchev–Trinajstić information content (AvgIpc) is 2.55. The van der Waals surface area contributed by atoms with Crippen LogP contribution in [0.5, 0.6) is 5.75 Å². The van der Waals surface area contributed by atoms with Gasteiger partial charge < -0.3 is 4.74 Å². The van der Waals surface area contributed by atoms with E-state index >= 15 is 0 Å². The summed E-state index contributed by atoms with van der Waals surface area (Å²) in [6.07, 6.45) is 3.36. The first kappa shape index (κ1) is 13.5. The molecule has 4 nitrogen and oxygen atoms in total. The van der Waals surface area contributed by atoms with Crippen LogP contribution in [0.4, 0.5) is 0 Å². The first-order valence-electron chi connectivity index (χ1n) is 6.35. The van der Waals surface area contributed by atoms with E-state index in [2.05, 4.69) is 15.0 Å². The van der Waals surface area contributed by atoms with Crippen molar-refractivity contribution in [3.63, 3.8) is 0 Å². The third kappa shape index (κ3) is 3.01. The summed E-state index contributed by atoms with van der Waals surface area (Å²) in [6.45, 7) is 0. The minimum Gasteiger partial charge on any atom is -0.495 e. The third-order valence-electron chi connectivity index (χ3n) is 2.97. The van der Waals surface area contributed by atoms with Gasteiger partial charge in [-0.2, -0.15) is 0 Å². The number of ether oxygens (including phenoxy) is 1. The van der Waals surface area contributed by atoms with Gasteiger partial charge in [-0.15, -0.1) is 0 Å². The molecule has 0 bridgehead atoms. The number of pyridine rings is 1. The molecule has 1 aromatic carbocycles. The monoisotopic (exact) mass is 297 g/mol. The Hall–Kier alpha value is -2.46. The standard InChI is InChI=1S/C16H12ClN3O/c1-21-13-7-12(9-18-10-13)14-8-15(17)20-16(19-14)11-5-3-2-4-6-11/h2-10H,1H3. The van der Waals surface area contributed by atoms with Crippen molar-refractivity contribution in [2.24, 2.45) is 0 Å². The van der Waals surface area contributed by atoms with Crippen LogP contribution in [0.2, 0.25) is 5.15 Å². The maximum Gasteiger partial charge on any atom is 0.161 e. The van der Waals surface area contributed by atoms with Crippen molar-refractivity contribution in [2.75, 3.05) is 7.11 Å². The van der Waals surface area contributed by atoms with Gasteiger partial charge in [0.05, 0.1) is 19.0 Å². The summed E-state index contributed by atoms with van der Waals surface area (Å²) in [5.74, 6) is 1.25. The van der Waals surface area contributed by atoms with Crippen LogP contribution < -0.4 is 4.74 Å². The fraction of sp³-hybridized carbons (Fsp3) is 0.0625. The largest absolute Gasteiger partial charge is 0.495 e. The molecule has 0 spiro atoms. The van der Waals surface area contributed by atoms with Crippen LogP contribution in [0.25, 0.3) is 22.6 Å². The lowest BCUT2D eigenvalue weighted by Gasteiger charge is -2.06. The number of benzene rings is 1. The van der Waals surface area contributed by atoms with Gasteiger partial charge in [0.25, 0.3) is 0 Å². The van der Waals surface area contributed by atoms with E-state index in [0.29, 0.717) is 22.4 Å². The highest BCUT2D eigenvalue weighted by molar-refractivity contribution is 6.29. The number of rotatable bonds is 3. The Morgan fingerprint density at radius 3 is 2.52 bits per heavy atom.